The monoisotopic (exact) mass is 350 g/mol. The molecule has 0 bridgehead atoms. The van der Waals surface area contributed by atoms with Crippen LogP contribution in [0.25, 0.3) is 21.7 Å². The lowest BCUT2D eigenvalue weighted by molar-refractivity contribution is -0.116. The van der Waals surface area contributed by atoms with Crippen LogP contribution in [0.15, 0.2) is 60.7 Å². The van der Waals surface area contributed by atoms with Crippen molar-refractivity contribution in [1.82, 2.24) is 4.98 Å². The van der Waals surface area contributed by atoms with Crippen molar-refractivity contribution in [3.63, 3.8) is 0 Å². The second kappa shape index (κ2) is 8.58. The van der Waals surface area contributed by atoms with Gasteiger partial charge in [0.05, 0.1) is 10.6 Å². The molecule has 0 saturated heterocycles. The third-order valence-electron chi connectivity index (χ3n) is 3.96. The summed E-state index contributed by atoms with van der Waals surface area (Å²) < 4.78 is 0. The summed E-state index contributed by atoms with van der Waals surface area (Å²) in [5.74, 6) is 0.0430. The molecule has 1 N–H and O–H groups in total. The summed E-state index contributed by atoms with van der Waals surface area (Å²) >= 11 is 1.53. The van der Waals surface area contributed by atoms with Crippen LogP contribution < -0.4 is 5.32 Å². The van der Waals surface area contributed by atoms with Crippen molar-refractivity contribution in [3.8, 4) is 21.7 Å². The van der Waals surface area contributed by atoms with Crippen LogP contribution >= 0.6 is 11.3 Å². The van der Waals surface area contributed by atoms with Gasteiger partial charge < -0.3 is 5.32 Å². The predicted molar refractivity (Wildman–Crippen MR) is 106 cm³/mol. The van der Waals surface area contributed by atoms with Gasteiger partial charge in [0, 0.05) is 12.0 Å². The van der Waals surface area contributed by atoms with Crippen molar-refractivity contribution in [2.75, 3.05) is 5.32 Å². The number of amides is 1. The van der Waals surface area contributed by atoms with Gasteiger partial charge in [-0.05, 0) is 12.0 Å². The molecule has 0 radical (unpaired) electrons. The first-order chi connectivity index (χ1) is 12.3. The van der Waals surface area contributed by atoms with E-state index in [4.69, 9.17) is 4.98 Å². The van der Waals surface area contributed by atoms with Crippen LogP contribution in [0.5, 0.6) is 0 Å². The van der Waals surface area contributed by atoms with E-state index in [2.05, 4.69) is 24.4 Å². The summed E-state index contributed by atoms with van der Waals surface area (Å²) in [5, 5.41) is 3.64. The lowest BCUT2D eigenvalue weighted by Crippen LogP contribution is -2.10. The lowest BCUT2D eigenvalue weighted by atomic mass is 10.1. The molecule has 0 saturated carbocycles. The first kappa shape index (κ1) is 17.4. The van der Waals surface area contributed by atoms with Gasteiger partial charge in [-0.2, -0.15) is 0 Å². The maximum Gasteiger partial charge on any atom is 0.226 e. The van der Waals surface area contributed by atoms with Gasteiger partial charge in [0.1, 0.15) is 0 Å². The molecule has 128 valence electrons. The number of thiazole rings is 1. The number of rotatable bonds is 7. The van der Waals surface area contributed by atoms with Gasteiger partial charge in [-0.25, -0.2) is 4.98 Å². The highest BCUT2D eigenvalue weighted by Crippen LogP contribution is 2.38. The van der Waals surface area contributed by atoms with E-state index in [-0.39, 0.29) is 5.91 Å². The molecule has 1 heterocycles. The Balaban J connectivity index is 1.89. The maximum atomic E-state index is 12.1. The molecule has 1 aromatic heterocycles. The second-order valence-corrected chi connectivity index (χ2v) is 6.93. The molecule has 0 atom stereocenters. The van der Waals surface area contributed by atoms with E-state index < -0.39 is 0 Å². The normalized spacial score (nSPS) is 10.6. The summed E-state index contributed by atoms with van der Waals surface area (Å²) in [7, 11) is 0. The first-order valence-electron chi connectivity index (χ1n) is 8.69. The topological polar surface area (TPSA) is 42.0 Å². The van der Waals surface area contributed by atoms with Crippen molar-refractivity contribution in [2.24, 2.45) is 0 Å². The number of unbranched alkanes of at least 4 members (excludes halogenated alkanes) is 2. The zero-order valence-electron chi connectivity index (χ0n) is 14.4. The Morgan fingerprint density at radius 3 is 2.24 bits per heavy atom. The third kappa shape index (κ3) is 4.54. The minimum absolute atomic E-state index is 0.0430. The molecule has 0 spiro atoms. The SMILES string of the molecule is CCCCCC(=O)Nc1nc(-c2ccccc2)c(-c2ccccc2)s1. The Morgan fingerprint density at radius 2 is 1.60 bits per heavy atom. The van der Waals surface area contributed by atoms with Crippen molar-refractivity contribution in [1.29, 1.82) is 0 Å². The van der Waals surface area contributed by atoms with Gasteiger partial charge in [-0.1, -0.05) is 91.8 Å². The first-order valence-corrected chi connectivity index (χ1v) is 9.51. The molecular formula is C21H22N2OS. The van der Waals surface area contributed by atoms with E-state index in [1.165, 1.54) is 11.3 Å². The van der Waals surface area contributed by atoms with Crippen LogP contribution in [-0.2, 0) is 4.79 Å². The predicted octanol–water partition coefficient (Wildman–Crippen LogP) is 6.00. The van der Waals surface area contributed by atoms with E-state index in [9.17, 15) is 4.79 Å². The van der Waals surface area contributed by atoms with E-state index >= 15 is 0 Å². The lowest BCUT2D eigenvalue weighted by Gasteiger charge is -2.02. The summed E-state index contributed by atoms with van der Waals surface area (Å²) in [6, 6.07) is 20.3. The van der Waals surface area contributed by atoms with Crippen LogP contribution in [0.1, 0.15) is 32.6 Å². The van der Waals surface area contributed by atoms with Crippen LogP contribution in [0.4, 0.5) is 5.13 Å². The number of carbonyl (C=O) groups excluding carboxylic acids is 1. The molecule has 3 aromatic rings. The zero-order chi connectivity index (χ0) is 17.5. The number of carbonyl (C=O) groups is 1. The van der Waals surface area contributed by atoms with Gasteiger partial charge in [0.25, 0.3) is 0 Å². The Bertz CT molecular complexity index is 755. The molecule has 0 aliphatic heterocycles. The highest BCUT2D eigenvalue weighted by Gasteiger charge is 2.16. The minimum atomic E-state index is 0.0430. The van der Waals surface area contributed by atoms with E-state index in [0.717, 1.165) is 41.0 Å². The van der Waals surface area contributed by atoms with Gasteiger partial charge in [0.15, 0.2) is 5.13 Å². The Hall–Kier alpha value is -2.46. The molecule has 3 rings (SSSR count). The fourth-order valence-electron chi connectivity index (χ4n) is 2.67. The maximum absolute atomic E-state index is 12.1. The average Bonchev–Trinajstić information content (AvgIpc) is 3.07. The molecule has 1 amide bonds. The molecule has 2 aromatic carbocycles. The number of hydrogen-bond donors (Lipinski definition) is 1. The van der Waals surface area contributed by atoms with Crippen LogP contribution in [-0.4, -0.2) is 10.9 Å². The fourth-order valence-corrected chi connectivity index (χ4v) is 3.68. The fraction of sp³-hybridized carbons (Fsp3) is 0.238. The van der Waals surface area contributed by atoms with Crippen molar-refractivity contribution < 1.29 is 4.79 Å². The van der Waals surface area contributed by atoms with Crippen molar-refractivity contribution in [2.45, 2.75) is 32.6 Å². The molecule has 4 heteroatoms. The zero-order valence-corrected chi connectivity index (χ0v) is 15.2. The average molecular weight is 350 g/mol. The van der Waals surface area contributed by atoms with Gasteiger partial charge in [-0.15, -0.1) is 0 Å². The number of nitrogens with zero attached hydrogens (tertiary/aromatic N) is 1. The Morgan fingerprint density at radius 1 is 0.960 bits per heavy atom. The molecule has 0 aliphatic carbocycles. The van der Waals surface area contributed by atoms with E-state index in [1.807, 2.05) is 48.5 Å². The highest BCUT2D eigenvalue weighted by atomic mass is 32.1. The number of benzene rings is 2. The minimum Gasteiger partial charge on any atom is -0.302 e. The summed E-state index contributed by atoms with van der Waals surface area (Å²) in [5.41, 5.74) is 3.09. The summed E-state index contributed by atoms with van der Waals surface area (Å²) in [6.07, 6.45) is 3.66. The molecule has 0 fully saturated rings. The smallest absolute Gasteiger partial charge is 0.226 e. The summed E-state index contributed by atoms with van der Waals surface area (Å²) in [4.78, 5) is 17.9. The second-order valence-electron chi connectivity index (χ2n) is 5.93. The van der Waals surface area contributed by atoms with Gasteiger partial charge in [0.2, 0.25) is 5.91 Å². The Kier molecular flexibility index (Phi) is 5.96. The Labute approximate surface area is 152 Å². The van der Waals surface area contributed by atoms with Gasteiger partial charge in [-0.3, -0.25) is 4.79 Å². The van der Waals surface area contributed by atoms with Gasteiger partial charge >= 0.3 is 0 Å². The molecule has 25 heavy (non-hydrogen) atoms. The van der Waals surface area contributed by atoms with Crippen LogP contribution in [0, 0.1) is 0 Å². The molecule has 0 unspecified atom stereocenters. The van der Waals surface area contributed by atoms with E-state index in [0.29, 0.717) is 11.6 Å². The third-order valence-corrected chi connectivity index (χ3v) is 4.98. The largest absolute Gasteiger partial charge is 0.302 e. The highest BCUT2D eigenvalue weighted by molar-refractivity contribution is 7.19. The molecule has 0 aliphatic rings. The number of hydrogen-bond acceptors (Lipinski definition) is 3. The van der Waals surface area contributed by atoms with Crippen molar-refractivity contribution in [3.05, 3.63) is 60.7 Å². The quantitative estimate of drug-likeness (QED) is 0.531. The standard InChI is InChI=1S/C21H22N2OS/c1-2-3-6-15-18(24)22-21-23-19(16-11-7-4-8-12-16)20(25-21)17-13-9-5-10-14-17/h4-5,7-14H,2-3,6,15H2,1H3,(H,22,23,24). The molecular weight excluding hydrogens is 328 g/mol. The van der Waals surface area contributed by atoms with Crippen molar-refractivity contribution >= 4 is 22.4 Å². The number of aromatic nitrogens is 1. The number of nitrogens with one attached hydrogen (secondary N) is 1. The van der Waals surface area contributed by atoms with E-state index in [1.54, 1.807) is 0 Å². The van der Waals surface area contributed by atoms with Crippen LogP contribution in [0.2, 0.25) is 0 Å². The summed E-state index contributed by atoms with van der Waals surface area (Å²) in [6.45, 7) is 2.14. The van der Waals surface area contributed by atoms with Crippen LogP contribution in [0.3, 0.4) is 0 Å². The number of anilines is 1. The molecule has 3 nitrogen and oxygen atoms in total.